The molecule has 0 unspecified atom stereocenters. The molecule has 1 aliphatic heterocycles. The molecular formula is C19H23ClN2O4. The Morgan fingerprint density at radius 1 is 1.23 bits per heavy atom. The van der Waals surface area contributed by atoms with Crippen LogP contribution in [0, 0.1) is 5.92 Å². The Morgan fingerprint density at radius 3 is 2.58 bits per heavy atom. The molecule has 1 N–H and O–H groups in total. The average molecular weight is 379 g/mol. The molecule has 0 spiro atoms. The number of nitrogens with zero attached hydrogens (tertiary/aromatic N) is 1. The summed E-state index contributed by atoms with van der Waals surface area (Å²) >= 11 is 6.18. The van der Waals surface area contributed by atoms with E-state index in [0.29, 0.717) is 23.6 Å². The minimum atomic E-state index is -0.967. The SMILES string of the molecule is COC(=O)C1(NC(=O)[C@H]2CC(=O)N(c3ccccc3Cl)C2)CCCCC1. The third-order valence-electron chi connectivity index (χ3n) is 5.28. The number of para-hydroxylation sites is 1. The molecule has 0 radical (unpaired) electrons. The van der Waals surface area contributed by atoms with Crippen LogP contribution in [-0.2, 0) is 19.1 Å². The minimum absolute atomic E-state index is 0.105. The van der Waals surface area contributed by atoms with Crippen molar-refractivity contribution < 1.29 is 19.1 Å². The number of ether oxygens (including phenoxy) is 1. The number of anilines is 1. The van der Waals surface area contributed by atoms with E-state index < -0.39 is 17.4 Å². The van der Waals surface area contributed by atoms with E-state index in [1.165, 1.54) is 12.0 Å². The van der Waals surface area contributed by atoms with E-state index in [2.05, 4.69) is 5.32 Å². The van der Waals surface area contributed by atoms with Gasteiger partial charge in [0.1, 0.15) is 5.54 Å². The monoisotopic (exact) mass is 378 g/mol. The standard InChI is InChI=1S/C19H23ClN2O4/c1-26-18(25)19(9-5-2-6-10-19)21-17(24)13-11-16(23)22(12-13)15-8-4-3-7-14(15)20/h3-4,7-8,13H,2,5-6,9-12H2,1H3,(H,21,24)/t13-/m0/s1. The van der Waals surface area contributed by atoms with Crippen LogP contribution in [-0.4, -0.2) is 37.0 Å². The number of amides is 2. The number of carbonyl (C=O) groups excluding carboxylic acids is 3. The first kappa shape index (κ1) is 18.7. The number of hydrogen-bond acceptors (Lipinski definition) is 4. The molecule has 7 heteroatoms. The van der Waals surface area contributed by atoms with Gasteiger partial charge in [-0.1, -0.05) is 43.0 Å². The Morgan fingerprint density at radius 2 is 1.92 bits per heavy atom. The largest absolute Gasteiger partial charge is 0.467 e. The highest BCUT2D eigenvalue weighted by Crippen LogP contribution is 2.33. The van der Waals surface area contributed by atoms with E-state index in [-0.39, 0.29) is 24.8 Å². The number of hydrogen-bond donors (Lipinski definition) is 1. The second kappa shape index (κ2) is 7.66. The number of rotatable bonds is 4. The van der Waals surface area contributed by atoms with E-state index >= 15 is 0 Å². The summed E-state index contributed by atoms with van der Waals surface area (Å²) in [5.41, 5.74) is -0.361. The van der Waals surface area contributed by atoms with Crippen molar-refractivity contribution in [2.24, 2.45) is 5.92 Å². The third-order valence-corrected chi connectivity index (χ3v) is 5.60. The molecule has 3 rings (SSSR count). The van der Waals surface area contributed by atoms with Gasteiger partial charge in [0.05, 0.1) is 23.7 Å². The van der Waals surface area contributed by atoms with Gasteiger partial charge in [-0.3, -0.25) is 9.59 Å². The summed E-state index contributed by atoms with van der Waals surface area (Å²) < 4.78 is 4.94. The summed E-state index contributed by atoms with van der Waals surface area (Å²) in [6.45, 7) is 0.256. The molecule has 26 heavy (non-hydrogen) atoms. The molecule has 6 nitrogen and oxygen atoms in total. The molecule has 2 amide bonds. The summed E-state index contributed by atoms with van der Waals surface area (Å²) in [4.78, 5) is 39.1. The zero-order valence-corrected chi connectivity index (χ0v) is 15.6. The normalized spacial score (nSPS) is 22.2. The molecule has 1 aromatic carbocycles. The first-order valence-corrected chi connectivity index (χ1v) is 9.30. The second-order valence-electron chi connectivity index (χ2n) is 6.98. The molecule has 1 aromatic rings. The fourth-order valence-electron chi connectivity index (χ4n) is 3.86. The molecule has 1 atom stereocenters. The molecule has 1 heterocycles. The number of benzene rings is 1. The van der Waals surface area contributed by atoms with Crippen LogP contribution in [0.5, 0.6) is 0 Å². The zero-order valence-electron chi connectivity index (χ0n) is 14.8. The van der Waals surface area contributed by atoms with Crippen LogP contribution in [0.25, 0.3) is 0 Å². The summed E-state index contributed by atoms with van der Waals surface area (Å²) in [5, 5.41) is 3.38. The zero-order chi connectivity index (χ0) is 18.7. The predicted octanol–water partition coefficient (Wildman–Crippen LogP) is 2.69. The summed E-state index contributed by atoms with van der Waals surface area (Å²) in [7, 11) is 1.34. The molecule has 1 aliphatic carbocycles. The highest BCUT2D eigenvalue weighted by atomic mass is 35.5. The van der Waals surface area contributed by atoms with E-state index in [0.717, 1.165) is 19.3 Å². The van der Waals surface area contributed by atoms with E-state index in [4.69, 9.17) is 16.3 Å². The third kappa shape index (κ3) is 3.56. The number of halogens is 1. The smallest absolute Gasteiger partial charge is 0.331 e. The van der Waals surface area contributed by atoms with E-state index in [1.54, 1.807) is 24.3 Å². The van der Waals surface area contributed by atoms with Crippen LogP contribution in [0.3, 0.4) is 0 Å². The van der Waals surface area contributed by atoms with Crippen LogP contribution in [0.15, 0.2) is 24.3 Å². The van der Waals surface area contributed by atoms with Gasteiger partial charge in [0.2, 0.25) is 11.8 Å². The van der Waals surface area contributed by atoms with Crippen molar-refractivity contribution in [2.75, 3.05) is 18.6 Å². The van der Waals surface area contributed by atoms with Crippen molar-refractivity contribution in [3.05, 3.63) is 29.3 Å². The highest BCUT2D eigenvalue weighted by molar-refractivity contribution is 6.33. The van der Waals surface area contributed by atoms with Gasteiger partial charge in [-0.05, 0) is 25.0 Å². The summed E-state index contributed by atoms with van der Waals surface area (Å²) in [6, 6.07) is 7.07. The molecule has 1 saturated carbocycles. The second-order valence-corrected chi connectivity index (χ2v) is 7.39. The predicted molar refractivity (Wildman–Crippen MR) is 97.9 cm³/mol. The van der Waals surface area contributed by atoms with Crippen molar-refractivity contribution >= 4 is 35.1 Å². The van der Waals surface area contributed by atoms with Crippen molar-refractivity contribution in [3.8, 4) is 0 Å². The Labute approximate surface area is 157 Å². The lowest BCUT2D eigenvalue weighted by Gasteiger charge is -2.35. The molecular weight excluding hydrogens is 356 g/mol. The Kier molecular flexibility index (Phi) is 5.51. The molecule has 140 valence electrons. The maximum Gasteiger partial charge on any atom is 0.331 e. The summed E-state index contributed by atoms with van der Waals surface area (Å²) in [6.07, 6.45) is 4.02. The maximum absolute atomic E-state index is 12.8. The lowest BCUT2D eigenvalue weighted by molar-refractivity contribution is -0.153. The van der Waals surface area contributed by atoms with Gasteiger partial charge in [0.25, 0.3) is 0 Å². The molecule has 2 fully saturated rings. The first-order chi connectivity index (χ1) is 12.5. The number of nitrogens with one attached hydrogen (secondary N) is 1. The summed E-state index contributed by atoms with van der Waals surface area (Å²) in [5.74, 6) is -1.34. The maximum atomic E-state index is 12.8. The van der Waals surface area contributed by atoms with Crippen LogP contribution in [0.2, 0.25) is 5.02 Å². The fourth-order valence-corrected chi connectivity index (χ4v) is 4.09. The molecule has 1 saturated heterocycles. The van der Waals surface area contributed by atoms with Crippen molar-refractivity contribution in [1.29, 1.82) is 0 Å². The van der Waals surface area contributed by atoms with Crippen LogP contribution < -0.4 is 10.2 Å². The number of carbonyl (C=O) groups is 3. The van der Waals surface area contributed by atoms with Gasteiger partial charge in [-0.2, -0.15) is 0 Å². The molecule has 0 bridgehead atoms. The van der Waals surface area contributed by atoms with Crippen molar-refractivity contribution in [2.45, 2.75) is 44.1 Å². The van der Waals surface area contributed by atoms with Gasteiger partial charge in [-0.15, -0.1) is 0 Å². The van der Waals surface area contributed by atoms with Crippen LogP contribution in [0.1, 0.15) is 38.5 Å². The Balaban J connectivity index is 1.73. The topological polar surface area (TPSA) is 75.7 Å². The van der Waals surface area contributed by atoms with Crippen LogP contribution >= 0.6 is 11.6 Å². The number of esters is 1. The Bertz CT molecular complexity index is 715. The van der Waals surface area contributed by atoms with Crippen molar-refractivity contribution in [1.82, 2.24) is 5.32 Å². The van der Waals surface area contributed by atoms with E-state index in [9.17, 15) is 14.4 Å². The molecule has 2 aliphatic rings. The fraction of sp³-hybridized carbons (Fsp3) is 0.526. The Hall–Kier alpha value is -2.08. The number of methoxy groups -OCH3 is 1. The van der Waals surface area contributed by atoms with Gasteiger partial charge in [0.15, 0.2) is 0 Å². The minimum Gasteiger partial charge on any atom is -0.467 e. The van der Waals surface area contributed by atoms with E-state index in [1.807, 2.05) is 0 Å². The van der Waals surface area contributed by atoms with Gasteiger partial charge in [-0.25, -0.2) is 4.79 Å². The van der Waals surface area contributed by atoms with Gasteiger partial charge in [0, 0.05) is 13.0 Å². The van der Waals surface area contributed by atoms with Gasteiger partial charge >= 0.3 is 5.97 Å². The lowest BCUT2D eigenvalue weighted by atomic mass is 9.81. The van der Waals surface area contributed by atoms with Gasteiger partial charge < -0.3 is 15.0 Å². The average Bonchev–Trinajstić information content (AvgIpc) is 3.04. The van der Waals surface area contributed by atoms with Crippen molar-refractivity contribution in [3.63, 3.8) is 0 Å². The quantitative estimate of drug-likeness (QED) is 0.817. The van der Waals surface area contributed by atoms with Crippen LogP contribution in [0.4, 0.5) is 5.69 Å². The molecule has 0 aromatic heterocycles. The lowest BCUT2D eigenvalue weighted by Crippen LogP contribution is -2.57. The highest BCUT2D eigenvalue weighted by Gasteiger charge is 2.45. The first-order valence-electron chi connectivity index (χ1n) is 8.92.